The molecule has 2 amide bonds. The van der Waals surface area contributed by atoms with E-state index in [2.05, 4.69) is 40.3 Å². The molecule has 2 aromatic heterocycles. The second-order valence-corrected chi connectivity index (χ2v) is 10.6. The molecule has 4 nitrogen and oxygen atoms in total. The Balaban J connectivity index is 1.49. The van der Waals surface area contributed by atoms with E-state index >= 15 is 0 Å². The highest BCUT2D eigenvalue weighted by Crippen LogP contribution is 2.44. The number of hydrogen-bond acceptors (Lipinski definition) is 2. The van der Waals surface area contributed by atoms with Gasteiger partial charge < -0.3 is 14.8 Å². The van der Waals surface area contributed by atoms with Gasteiger partial charge in [0.2, 0.25) is 0 Å². The van der Waals surface area contributed by atoms with Gasteiger partial charge in [0.05, 0.1) is 29.0 Å². The molecule has 0 bridgehead atoms. The third kappa shape index (κ3) is 3.64. The SMILES string of the molecule is Cc1ccc(NC(=O)N2Cc3c(sc4c3CCCC4)-n3cccc3[C@H]2c2ccccc2)c(Cl)c1. The van der Waals surface area contributed by atoms with Gasteiger partial charge in [0.15, 0.2) is 0 Å². The molecule has 4 aromatic rings. The van der Waals surface area contributed by atoms with E-state index in [4.69, 9.17) is 11.6 Å². The lowest BCUT2D eigenvalue weighted by Gasteiger charge is -2.31. The summed E-state index contributed by atoms with van der Waals surface area (Å²) in [6.45, 7) is 2.56. The van der Waals surface area contributed by atoms with Crippen molar-refractivity contribution < 1.29 is 4.79 Å². The minimum Gasteiger partial charge on any atom is -0.310 e. The van der Waals surface area contributed by atoms with Crippen LogP contribution >= 0.6 is 22.9 Å². The number of carbonyl (C=O) groups excluding carboxylic acids is 1. The summed E-state index contributed by atoms with van der Waals surface area (Å²) in [4.78, 5) is 17.4. The predicted molar refractivity (Wildman–Crippen MR) is 139 cm³/mol. The van der Waals surface area contributed by atoms with Gasteiger partial charge >= 0.3 is 6.03 Å². The highest BCUT2D eigenvalue weighted by molar-refractivity contribution is 7.15. The quantitative estimate of drug-likeness (QED) is 0.312. The van der Waals surface area contributed by atoms with Crippen molar-refractivity contribution >= 4 is 34.7 Å². The molecule has 3 heterocycles. The van der Waals surface area contributed by atoms with Crippen molar-refractivity contribution in [2.45, 2.75) is 45.2 Å². The van der Waals surface area contributed by atoms with Crippen LogP contribution in [0.5, 0.6) is 0 Å². The maximum absolute atomic E-state index is 13.9. The molecule has 34 heavy (non-hydrogen) atoms. The first-order valence-corrected chi connectivity index (χ1v) is 13.0. The van der Waals surface area contributed by atoms with Crippen LogP contribution in [0.1, 0.15) is 51.7 Å². The van der Waals surface area contributed by atoms with E-state index in [1.165, 1.54) is 33.8 Å². The number of amides is 2. The van der Waals surface area contributed by atoms with Crippen molar-refractivity contribution in [2.24, 2.45) is 0 Å². The summed E-state index contributed by atoms with van der Waals surface area (Å²) in [6.07, 6.45) is 6.82. The molecule has 0 radical (unpaired) electrons. The van der Waals surface area contributed by atoms with Crippen LogP contribution in [0, 0.1) is 6.92 Å². The molecular weight excluding hydrogens is 462 g/mol. The fraction of sp³-hybridized carbons (Fsp3) is 0.250. The lowest BCUT2D eigenvalue weighted by Crippen LogP contribution is -2.38. The first-order chi connectivity index (χ1) is 16.6. The summed E-state index contributed by atoms with van der Waals surface area (Å²) < 4.78 is 2.31. The highest BCUT2D eigenvalue weighted by atomic mass is 35.5. The zero-order valence-electron chi connectivity index (χ0n) is 19.1. The van der Waals surface area contributed by atoms with Crippen molar-refractivity contribution in [1.82, 2.24) is 9.47 Å². The number of anilines is 1. The Morgan fingerprint density at radius 1 is 1.03 bits per heavy atom. The number of carbonyl (C=O) groups is 1. The Labute approximate surface area is 208 Å². The van der Waals surface area contributed by atoms with E-state index in [-0.39, 0.29) is 12.1 Å². The van der Waals surface area contributed by atoms with Crippen LogP contribution in [0.2, 0.25) is 5.02 Å². The summed E-state index contributed by atoms with van der Waals surface area (Å²) in [5, 5.41) is 4.92. The third-order valence-electron chi connectivity index (χ3n) is 6.92. The highest BCUT2D eigenvalue weighted by Gasteiger charge is 2.36. The van der Waals surface area contributed by atoms with Gasteiger partial charge in [-0.1, -0.05) is 48.0 Å². The van der Waals surface area contributed by atoms with Gasteiger partial charge in [-0.15, -0.1) is 11.3 Å². The summed E-state index contributed by atoms with van der Waals surface area (Å²) in [7, 11) is 0. The molecular formula is C28H26ClN3OS. The first-order valence-electron chi connectivity index (χ1n) is 11.8. The second-order valence-electron chi connectivity index (χ2n) is 9.15. The number of aromatic nitrogens is 1. The Bertz CT molecular complexity index is 1370. The minimum absolute atomic E-state index is 0.143. The van der Waals surface area contributed by atoms with Gasteiger partial charge in [0.1, 0.15) is 5.00 Å². The third-order valence-corrected chi connectivity index (χ3v) is 8.57. The van der Waals surface area contributed by atoms with Crippen LogP contribution in [-0.4, -0.2) is 15.5 Å². The Morgan fingerprint density at radius 2 is 1.85 bits per heavy atom. The van der Waals surface area contributed by atoms with Crippen LogP contribution in [0.15, 0.2) is 66.9 Å². The maximum atomic E-state index is 13.9. The number of fused-ring (bicyclic) bond motifs is 5. The number of halogens is 1. The molecule has 172 valence electrons. The van der Waals surface area contributed by atoms with Crippen molar-refractivity contribution in [2.75, 3.05) is 5.32 Å². The van der Waals surface area contributed by atoms with E-state index in [0.29, 0.717) is 17.3 Å². The van der Waals surface area contributed by atoms with Crippen LogP contribution in [0.4, 0.5) is 10.5 Å². The lowest BCUT2D eigenvalue weighted by atomic mass is 9.95. The summed E-state index contributed by atoms with van der Waals surface area (Å²) in [5.41, 5.74) is 6.64. The zero-order chi connectivity index (χ0) is 23.2. The van der Waals surface area contributed by atoms with Crippen molar-refractivity contribution in [3.63, 3.8) is 0 Å². The predicted octanol–water partition coefficient (Wildman–Crippen LogP) is 7.52. The van der Waals surface area contributed by atoms with E-state index < -0.39 is 0 Å². The van der Waals surface area contributed by atoms with Crippen LogP contribution in [0.25, 0.3) is 5.00 Å². The average Bonchev–Trinajstić information content (AvgIpc) is 3.43. The topological polar surface area (TPSA) is 37.3 Å². The summed E-state index contributed by atoms with van der Waals surface area (Å²) in [5.74, 6) is 0. The average molecular weight is 488 g/mol. The number of aryl methyl sites for hydroxylation is 2. The molecule has 6 heteroatoms. The van der Waals surface area contributed by atoms with Crippen LogP contribution in [-0.2, 0) is 19.4 Å². The number of nitrogens with zero attached hydrogens (tertiary/aromatic N) is 2. The molecule has 0 fully saturated rings. The number of rotatable bonds is 2. The van der Waals surface area contributed by atoms with Gasteiger partial charge in [0.25, 0.3) is 0 Å². The van der Waals surface area contributed by atoms with E-state index in [1.54, 1.807) is 0 Å². The Kier molecular flexibility index (Phi) is 5.47. The van der Waals surface area contributed by atoms with Crippen molar-refractivity contribution in [3.05, 3.63) is 105 Å². The standard InChI is InChI=1S/C28H26ClN3OS/c1-18-13-14-23(22(29)16-18)30-28(33)32-17-21-20-10-5-6-12-25(20)34-27(21)31-15-7-11-24(31)26(32)19-8-3-2-4-9-19/h2-4,7-9,11,13-16,26H,5-6,10,12,17H2,1H3,(H,30,33)/t26-/m1/s1. The lowest BCUT2D eigenvalue weighted by molar-refractivity contribution is 0.194. The molecule has 2 aromatic carbocycles. The zero-order valence-corrected chi connectivity index (χ0v) is 20.6. The van der Waals surface area contributed by atoms with Gasteiger partial charge in [-0.3, -0.25) is 0 Å². The number of hydrogen-bond donors (Lipinski definition) is 1. The number of urea groups is 1. The number of thiophene rings is 1. The smallest absolute Gasteiger partial charge is 0.310 e. The minimum atomic E-state index is -0.209. The number of benzene rings is 2. The maximum Gasteiger partial charge on any atom is 0.323 e. The molecule has 0 saturated heterocycles. The normalized spacial score (nSPS) is 16.9. The Morgan fingerprint density at radius 3 is 2.68 bits per heavy atom. The molecule has 0 unspecified atom stereocenters. The van der Waals surface area contributed by atoms with Gasteiger partial charge in [-0.25, -0.2) is 4.79 Å². The molecule has 0 saturated carbocycles. The molecule has 1 atom stereocenters. The molecule has 1 N–H and O–H groups in total. The summed E-state index contributed by atoms with van der Waals surface area (Å²) >= 11 is 8.39. The van der Waals surface area contributed by atoms with E-state index in [1.807, 2.05) is 59.6 Å². The molecule has 0 spiro atoms. The van der Waals surface area contributed by atoms with Gasteiger partial charge in [-0.05, 0) is 73.6 Å². The van der Waals surface area contributed by atoms with Crippen molar-refractivity contribution in [1.29, 1.82) is 0 Å². The van der Waals surface area contributed by atoms with Crippen LogP contribution in [0.3, 0.4) is 0 Å². The van der Waals surface area contributed by atoms with Crippen LogP contribution < -0.4 is 5.32 Å². The molecule has 2 aliphatic rings. The second kappa shape index (κ2) is 8.64. The largest absolute Gasteiger partial charge is 0.323 e. The van der Waals surface area contributed by atoms with Gasteiger partial charge in [-0.2, -0.15) is 0 Å². The fourth-order valence-electron chi connectivity index (χ4n) is 5.28. The summed E-state index contributed by atoms with van der Waals surface area (Å²) in [6, 6.07) is 19.9. The molecule has 6 rings (SSSR count). The first kappa shape index (κ1) is 21.5. The van der Waals surface area contributed by atoms with E-state index in [9.17, 15) is 4.79 Å². The van der Waals surface area contributed by atoms with Crippen molar-refractivity contribution in [3.8, 4) is 5.00 Å². The molecule has 1 aliphatic carbocycles. The molecule has 1 aliphatic heterocycles. The van der Waals surface area contributed by atoms with Gasteiger partial charge in [0, 0.05) is 16.6 Å². The number of nitrogens with one attached hydrogen (secondary N) is 1. The van der Waals surface area contributed by atoms with E-state index in [0.717, 1.165) is 29.7 Å². The monoisotopic (exact) mass is 487 g/mol. The Hall–Kier alpha value is -3.02. The fourth-order valence-corrected chi connectivity index (χ4v) is 6.97.